The summed E-state index contributed by atoms with van der Waals surface area (Å²) >= 11 is 1.68. The van der Waals surface area contributed by atoms with Crippen molar-refractivity contribution in [3.63, 3.8) is 0 Å². The fraction of sp³-hybridized carbons (Fsp3) is 0.462. The van der Waals surface area contributed by atoms with Crippen LogP contribution in [0.25, 0.3) is 10.7 Å². The lowest BCUT2D eigenvalue weighted by Crippen LogP contribution is -2.15. The SMILES string of the molecule is COCc1nc(-c2ccncn2)sc1CNC1CC1. The normalized spacial score (nSPS) is 14.8. The van der Waals surface area contributed by atoms with Gasteiger partial charge in [0, 0.05) is 30.8 Å². The molecule has 1 aliphatic carbocycles. The van der Waals surface area contributed by atoms with Gasteiger partial charge in [0.25, 0.3) is 0 Å². The molecule has 0 aliphatic heterocycles. The summed E-state index contributed by atoms with van der Waals surface area (Å²) in [4.78, 5) is 14.0. The van der Waals surface area contributed by atoms with Gasteiger partial charge in [-0.1, -0.05) is 0 Å². The Morgan fingerprint density at radius 1 is 1.47 bits per heavy atom. The quantitative estimate of drug-likeness (QED) is 0.874. The van der Waals surface area contributed by atoms with Crippen LogP contribution in [0.15, 0.2) is 18.6 Å². The van der Waals surface area contributed by atoms with Crippen molar-refractivity contribution in [3.05, 3.63) is 29.2 Å². The molecule has 1 N–H and O–H groups in total. The lowest BCUT2D eigenvalue weighted by molar-refractivity contribution is 0.181. The van der Waals surface area contributed by atoms with Crippen molar-refractivity contribution in [2.45, 2.75) is 32.0 Å². The van der Waals surface area contributed by atoms with E-state index in [9.17, 15) is 0 Å². The van der Waals surface area contributed by atoms with Crippen molar-refractivity contribution in [1.29, 1.82) is 0 Å². The zero-order chi connectivity index (χ0) is 13.1. The molecule has 0 unspecified atom stereocenters. The minimum Gasteiger partial charge on any atom is -0.378 e. The topological polar surface area (TPSA) is 59.9 Å². The van der Waals surface area contributed by atoms with E-state index in [1.165, 1.54) is 17.7 Å². The standard InChI is InChI=1S/C13H16N4OS/c1-18-7-11-12(6-15-9-2-3-9)19-13(17-11)10-4-5-14-8-16-10/h4-5,8-9,15H,2-3,6-7H2,1H3. The van der Waals surface area contributed by atoms with E-state index in [1.807, 2.05) is 6.07 Å². The van der Waals surface area contributed by atoms with Gasteiger partial charge in [0.1, 0.15) is 17.0 Å². The molecule has 0 saturated heterocycles. The third-order valence-electron chi connectivity index (χ3n) is 2.99. The molecule has 1 saturated carbocycles. The van der Waals surface area contributed by atoms with E-state index < -0.39 is 0 Å². The molecule has 5 nitrogen and oxygen atoms in total. The summed E-state index contributed by atoms with van der Waals surface area (Å²) in [5.74, 6) is 0. The van der Waals surface area contributed by atoms with Crippen LogP contribution in [-0.4, -0.2) is 28.1 Å². The first kappa shape index (κ1) is 12.7. The maximum absolute atomic E-state index is 5.22. The predicted molar refractivity (Wildman–Crippen MR) is 73.7 cm³/mol. The molecule has 1 aliphatic rings. The Kier molecular flexibility index (Phi) is 3.82. The second-order valence-electron chi connectivity index (χ2n) is 4.57. The van der Waals surface area contributed by atoms with Crippen molar-refractivity contribution in [2.75, 3.05) is 7.11 Å². The average molecular weight is 276 g/mol. The number of nitrogens with one attached hydrogen (secondary N) is 1. The molecule has 0 aromatic carbocycles. The Hall–Kier alpha value is -1.37. The minimum absolute atomic E-state index is 0.545. The van der Waals surface area contributed by atoms with Gasteiger partial charge >= 0.3 is 0 Å². The highest BCUT2D eigenvalue weighted by Crippen LogP contribution is 2.28. The van der Waals surface area contributed by atoms with Gasteiger partial charge in [-0.05, 0) is 18.9 Å². The van der Waals surface area contributed by atoms with E-state index in [2.05, 4.69) is 20.3 Å². The molecule has 6 heteroatoms. The number of rotatable bonds is 6. The summed E-state index contributed by atoms with van der Waals surface area (Å²) in [6, 6.07) is 2.58. The largest absolute Gasteiger partial charge is 0.378 e. The number of aromatic nitrogens is 3. The second kappa shape index (κ2) is 5.73. The molecule has 2 aromatic heterocycles. The summed E-state index contributed by atoms with van der Waals surface area (Å²) in [5.41, 5.74) is 1.88. The van der Waals surface area contributed by atoms with Gasteiger partial charge in [-0.15, -0.1) is 11.3 Å². The van der Waals surface area contributed by atoms with Crippen molar-refractivity contribution in [2.24, 2.45) is 0 Å². The van der Waals surface area contributed by atoms with Crippen LogP contribution in [0, 0.1) is 0 Å². The number of methoxy groups -OCH3 is 1. The average Bonchev–Trinajstić information content (AvgIpc) is 3.19. The summed E-state index contributed by atoms with van der Waals surface area (Å²) in [7, 11) is 1.70. The predicted octanol–water partition coefficient (Wildman–Crippen LogP) is 2.00. The highest BCUT2D eigenvalue weighted by Gasteiger charge is 2.21. The smallest absolute Gasteiger partial charge is 0.142 e. The van der Waals surface area contributed by atoms with Crippen molar-refractivity contribution < 1.29 is 4.74 Å². The van der Waals surface area contributed by atoms with Crippen LogP contribution in [0.2, 0.25) is 0 Å². The fourth-order valence-electron chi connectivity index (χ4n) is 1.82. The monoisotopic (exact) mass is 276 g/mol. The number of nitrogens with zero attached hydrogens (tertiary/aromatic N) is 3. The van der Waals surface area contributed by atoms with Gasteiger partial charge < -0.3 is 10.1 Å². The van der Waals surface area contributed by atoms with Crippen LogP contribution in [0.4, 0.5) is 0 Å². The summed E-state index contributed by atoms with van der Waals surface area (Å²) in [6.45, 7) is 1.41. The lowest BCUT2D eigenvalue weighted by atomic mass is 10.3. The Bertz CT molecular complexity index is 539. The van der Waals surface area contributed by atoms with E-state index in [0.717, 1.165) is 22.9 Å². The van der Waals surface area contributed by atoms with Crippen molar-refractivity contribution in [1.82, 2.24) is 20.3 Å². The molecule has 0 atom stereocenters. The lowest BCUT2D eigenvalue weighted by Gasteiger charge is -2.02. The molecule has 0 radical (unpaired) electrons. The third kappa shape index (κ3) is 3.15. The third-order valence-corrected chi connectivity index (χ3v) is 4.11. The van der Waals surface area contributed by atoms with Gasteiger partial charge in [0.05, 0.1) is 12.3 Å². The van der Waals surface area contributed by atoms with E-state index in [4.69, 9.17) is 4.74 Å². The summed E-state index contributed by atoms with van der Waals surface area (Å²) in [5, 5.41) is 4.45. The summed E-state index contributed by atoms with van der Waals surface area (Å²) in [6.07, 6.45) is 5.87. The van der Waals surface area contributed by atoms with Crippen LogP contribution in [0.3, 0.4) is 0 Å². The van der Waals surface area contributed by atoms with Crippen LogP contribution in [0.5, 0.6) is 0 Å². The van der Waals surface area contributed by atoms with Crippen molar-refractivity contribution in [3.8, 4) is 10.7 Å². The first-order valence-electron chi connectivity index (χ1n) is 6.34. The molecule has 19 heavy (non-hydrogen) atoms. The molecule has 3 rings (SSSR count). The first-order valence-corrected chi connectivity index (χ1v) is 7.15. The van der Waals surface area contributed by atoms with E-state index in [1.54, 1.807) is 31.0 Å². The Labute approximate surface area is 116 Å². The fourth-order valence-corrected chi connectivity index (χ4v) is 2.81. The highest BCUT2D eigenvalue weighted by atomic mass is 32.1. The van der Waals surface area contributed by atoms with Crippen LogP contribution < -0.4 is 5.32 Å². The Morgan fingerprint density at radius 3 is 3.05 bits per heavy atom. The van der Waals surface area contributed by atoms with Crippen molar-refractivity contribution >= 4 is 11.3 Å². The Morgan fingerprint density at radius 2 is 2.37 bits per heavy atom. The molecule has 0 bridgehead atoms. The molecule has 100 valence electrons. The van der Waals surface area contributed by atoms with E-state index in [0.29, 0.717) is 12.6 Å². The maximum Gasteiger partial charge on any atom is 0.142 e. The Balaban J connectivity index is 1.82. The molecule has 0 amide bonds. The van der Waals surface area contributed by atoms with Gasteiger partial charge in [-0.3, -0.25) is 0 Å². The van der Waals surface area contributed by atoms with Gasteiger partial charge in [0.15, 0.2) is 0 Å². The highest BCUT2D eigenvalue weighted by molar-refractivity contribution is 7.15. The van der Waals surface area contributed by atoms with E-state index in [-0.39, 0.29) is 0 Å². The van der Waals surface area contributed by atoms with Crippen LogP contribution in [0.1, 0.15) is 23.4 Å². The number of hydrogen-bond donors (Lipinski definition) is 1. The first-order chi connectivity index (χ1) is 9.36. The van der Waals surface area contributed by atoms with Crippen LogP contribution >= 0.6 is 11.3 Å². The zero-order valence-corrected chi connectivity index (χ0v) is 11.6. The van der Waals surface area contributed by atoms with E-state index >= 15 is 0 Å². The van der Waals surface area contributed by atoms with Gasteiger partial charge in [-0.2, -0.15) is 0 Å². The zero-order valence-electron chi connectivity index (χ0n) is 10.8. The number of ether oxygens (including phenoxy) is 1. The molecule has 1 fully saturated rings. The van der Waals surface area contributed by atoms with Gasteiger partial charge in [-0.25, -0.2) is 15.0 Å². The summed E-state index contributed by atoms with van der Waals surface area (Å²) < 4.78 is 5.22. The number of hydrogen-bond acceptors (Lipinski definition) is 6. The maximum atomic E-state index is 5.22. The molecular weight excluding hydrogens is 260 g/mol. The molecule has 2 heterocycles. The second-order valence-corrected chi connectivity index (χ2v) is 5.66. The molecule has 0 spiro atoms. The number of thiazole rings is 1. The van der Waals surface area contributed by atoms with Crippen LogP contribution in [-0.2, 0) is 17.9 Å². The molecular formula is C13H16N4OS. The minimum atomic E-state index is 0.545. The van der Waals surface area contributed by atoms with Gasteiger partial charge in [0.2, 0.25) is 0 Å². The molecule has 2 aromatic rings.